The molecule has 1 aliphatic rings. The number of ether oxygens (including phenoxy) is 1. The van der Waals surface area contributed by atoms with Gasteiger partial charge in [-0.3, -0.25) is 9.78 Å². The number of hydrogen-bond donors (Lipinski definition) is 1. The molecule has 0 saturated carbocycles. The molecule has 0 saturated heterocycles. The summed E-state index contributed by atoms with van der Waals surface area (Å²) in [6.45, 7) is 0.670. The fraction of sp³-hybridized carbons (Fsp3) is 0.148. The molecule has 176 valence electrons. The number of aromatic nitrogens is 2. The second kappa shape index (κ2) is 9.35. The predicted octanol–water partition coefficient (Wildman–Crippen LogP) is 5.13. The number of carbonyl (C=O) groups excluding carboxylic acids is 2. The Morgan fingerprint density at radius 1 is 1.11 bits per heavy atom. The van der Waals surface area contributed by atoms with Crippen LogP contribution in [0.2, 0.25) is 5.02 Å². The summed E-state index contributed by atoms with van der Waals surface area (Å²) in [4.78, 5) is 29.6. The van der Waals surface area contributed by atoms with Crippen LogP contribution in [0.5, 0.6) is 0 Å². The minimum Gasteiger partial charge on any atom is -0.465 e. The van der Waals surface area contributed by atoms with Crippen LogP contribution in [0.4, 0.5) is 4.39 Å². The molecule has 2 aromatic heterocycles. The van der Waals surface area contributed by atoms with Gasteiger partial charge in [-0.1, -0.05) is 29.8 Å². The van der Waals surface area contributed by atoms with Crippen LogP contribution < -0.4 is 5.32 Å². The zero-order valence-corrected chi connectivity index (χ0v) is 19.6. The molecule has 0 atom stereocenters. The number of nitrogens with one attached hydrogen (secondary N) is 1. The number of carbonyl (C=O) groups is 2. The lowest BCUT2D eigenvalue weighted by Gasteiger charge is -2.18. The smallest absolute Gasteiger partial charge is 0.337 e. The number of halogens is 2. The predicted molar refractivity (Wildman–Crippen MR) is 131 cm³/mol. The normalized spacial score (nSPS) is 12.7. The van der Waals surface area contributed by atoms with Gasteiger partial charge in [-0.25, -0.2) is 9.18 Å². The van der Waals surface area contributed by atoms with Crippen molar-refractivity contribution in [2.24, 2.45) is 0 Å². The van der Waals surface area contributed by atoms with Crippen LogP contribution in [0.25, 0.3) is 22.4 Å². The third kappa shape index (κ3) is 4.19. The van der Waals surface area contributed by atoms with Gasteiger partial charge in [0, 0.05) is 52.8 Å². The van der Waals surface area contributed by atoms with Gasteiger partial charge in [0.15, 0.2) is 0 Å². The molecular weight excluding hydrogens is 469 g/mol. The van der Waals surface area contributed by atoms with Crippen LogP contribution in [-0.2, 0) is 17.7 Å². The molecule has 35 heavy (non-hydrogen) atoms. The van der Waals surface area contributed by atoms with Gasteiger partial charge < -0.3 is 14.6 Å². The number of rotatable bonds is 5. The first-order valence-corrected chi connectivity index (χ1v) is 11.4. The second-order valence-corrected chi connectivity index (χ2v) is 8.62. The van der Waals surface area contributed by atoms with Crippen LogP contribution in [0, 0.1) is 5.82 Å². The molecule has 1 N–H and O–H groups in total. The van der Waals surface area contributed by atoms with Crippen LogP contribution in [0.15, 0.2) is 67.0 Å². The fourth-order valence-corrected chi connectivity index (χ4v) is 4.72. The van der Waals surface area contributed by atoms with E-state index in [9.17, 15) is 14.0 Å². The van der Waals surface area contributed by atoms with Crippen molar-refractivity contribution in [1.29, 1.82) is 0 Å². The minimum absolute atomic E-state index is 0.201. The number of amides is 1. The molecule has 8 heteroatoms. The van der Waals surface area contributed by atoms with E-state index in [2.05, 4.69) is 10.3 Å². The summed E-state index contributed by atoms with van der Waals surface area (Å²) >= 11 is 5.97. The average Bonchev–Trinajstić information content (AvgIpc) is 3.21. The maximum Gasteiger partial charge on any atom is 0.337 e. The van der Waals surface area contributed by atoms with Gasteiger partial charge in [-0.2, -0.15) is 0 Å². The van der Waals surface area contributed by atoms with Crippen LogP contribution >= 0.6 is 11.6 Å². The van der Waals surface area contributed by atoms with E-state index in [1.807, 2.05) is 22.8 Å². The highest BCUT2D eigenvalue weighted by Crippen LogP contribution is 2.41. The summed E-state index contributed by atoms with van der Waals surface area (Å²) in [7, 11) is 1.32. The standard InChI is InChI=1S/C27H21ClFN3O3/c1-35-27(34)18-4-2-3-17(13-18)23-24-22(9-12-31-26(24)33)32(25(23)16-7-10-30-11-8-16)15-19-5-6-20(28)14-21(19)29/h2-8,10-11,13-14H,9,12,15H2,1H3,(H,31,33). The van der Waals surface area contributed by atoms with Crippen molar-refractivity contribution < 1.29 is 18.7 Å². The summed E-state index contributed by atoms with van der Waals surface area (Å²) < 4.78 is 21.7. The number of methoxy groups -OCH3 is 1. The number of nitrogens with zero attached hydrogens (tertiary/aromatic N) is 2. The molecular formula is C27H21ClFN3O3. The first kappa shape index (κ1) is 22.8. The monoisotopic (exact) mass is 489 g/mol. The lowest BCUT2D eigenvalue weighted by atomic mass is 9.94. The van der Waals surface area contributed by atoms with E-state index in [4.69, 9.17) is 16.3 Å². The van der Waals surface area contributed by atoms with Gasteiger partial charge >= 0.3 is 5.97 Å². The minimum atomic E-state index is -0.474. The molecule has 5 rings (SSSR count). The molecule has 4 aromatic rings. The molecule has 0 radical (unpaired) electrons. The molecule has 1 amide bonds. The summed E-state index contributed by atoms with van der Waals surface area (Å²) in [6, 6.07) is 15.3. The molecule has 2 aromatic carbocycles. The van der Waals surface area contributed by atoms with Crippen molar-refractivity contribution >= 4 is 23.5 Å². The van der Waals surface area contributed by atoms with Gasteiger partial charge in [-0.15, -0.1) is 0 Å². The Kier molecular flexibility index (Phi) is 6.09. The summed E-state index contributed by atoms with van der Waals surface area (Å²) in [6.07, 6.45) is 3.91. The Hall–Kier alpha value is -3.97. The summed E-state index contributed by atoms with van der Waals surface area (Å²) in [5.74, 6) is -1.11. The Morgan fingerprint density at radius 2 is 1.91 bits per heavy atom. The van der Waals surface area contributed by atoms with E-state index >= 15 is 0 Å². The second-order valence-electron chi connectivity index (χ2n) is 8.18. The molecule has 3 heterocycles. The molecule has 6 nitrogen and oxygen atoms in total. The van der Waals surface area contributed by atoms with E-state index < -0.39 is 11.8 Å². The lowest BCUT2D eigenvalue weighted by molar-refractivity contribution is 0.0600. The summed E-state index contributed by atoms with van der Waals surface area (Å²) in [5.41, 5.74) is 5.04. The quantitative estimate of drug-likeness (QED) is 0.394. The number of fused-ring (bicyclic) bond motifs is 1. The van der Waals surface area contributed by atoms with Gasteiger partial charge in [-0.05, 0) is 42.0 Å². The third-order valence-corrected chi connectivity index (χ3v) is 6.35. The third-order valence-electron chi connectivity index (χ3n) is 6.12. The topological polar surface area (TPSA) is 73.2 Å². The first-order chi connectivity index (χ1) is 17.0. The Bertz CT molecular complexity index is 1450. The molecule has 1 aliphatic heterocycles. The zero-order valence-electron chi connectivity index (χ0n) is 18.8. The molecule has 0 fully saturated rings. The maximum absolute atomic E-state index is 14.9. The summed E-state index contributed by atoms with van der Waals surface area (Å²) in [5, 5.41) is 3.24. The van der Waals surface area contributed by atoms with Crippen molar-refractivity contribution in [3.05, 3.63) is 100 Å². The molecule has 0 unspecified atom stereocenters. The average molecular weight is 490 g/mol. The molecule has 0 bridgehead atoms. The Labute approximate surface area is 206 Å². The number of esters is 1. The highest BCUT2D eigenvalue weighted by Gasteiger charge is 2.31. The zero-order chi connectivity index (χ0) is 24.5. The number of benzene rings is 2. The van der Waals surface area contributed by atoms with Crippen molar-refractivity contribution in [2.75, 3.05) is 13.7 Å². The maximum atomic E-state index is 14.9. The highest BCUT2D eigenvalue weighted by atomic mass is 35.5. The lowest BCUT2D eigenvalue weighted by Crippen LogP contribution is -2.32. The van der Waals surface area contributed by atoms with Gasteiger partial charge in [0.2, 0.25) is 0 Å². The van der Waals surface area contributed by atoms with Crippen LogP contribution in [0.3, 0.4) is 0 Å². The first-order valence-electron chi connectivity index (χ1n) is 11.0. The van der Waals surface area contributed by atoms with E-state index in [0.717, 1.165) is 17.0 Å². The van der Waals surface area contributed by atoms with E-state index in [0.29, 0.717) is 45.8 Å². The highest BCUT2D eigenvalue weighted by molar-refractivity contribution is 6.30. The van der Waals surface area contributed by atoms with Crippen molar-refractivity contribution in [3.63, 3.8) is 0 Å². The number of pyridine rings is 1. The molecule has 0 spiro atoms. The van der Waals surface area contributed by atoms with E-state index in [-0.39, 0.29) is 12.5 Å². The van der Waals surface area contributed by atoms with Crippen LogP contribution in [-0.4, -0.2) is 35.1 Å². The largest absolute Gasteiger partial charge is 0.465 e. The van der Waals surface area contributed by atoms with Gasteiger partial charge in [0.05, 0.1) is 30.5 Å². The van der Waals surface area contributed by atoms with E-state index in [1.54, 1.807) is 42.7 Å². The van der Waals surface area contributed by atoms with Crippen molar-refractivity contribution in [2.45, 2.75) is 13.0 Å². The van der Waals surface area contributed by atoms with Gasteiger partial charge in [0.25, 0.3) is 5.91 Å². The van der Waals surface area contributed by atoms with Crippen LogP contribution in [0.1, 0.15) is 32.0 Å². The van der Waals surface area contributed by atoms with Crippen molar-refractivity contribution in [1.82, 2.24) is 14.9 Å². The fourth-order valence-electron chi connectivity index (χ4n) is 4.56. The SMILES string of the molecule is COC(=O)c1cccc(-c2c3c(n(Cc4ccc(Cl)cc4F)c2-c2ccncc2)CCNC3=O)c1. The van der Waals surface area contributed by atoms with Crippen molar-refractivity contribution in [3.8, 4) is 22.4 Å². The van der Waals surface area contributed by atoms with Gasteiger partial charge in [0.1, 0.15) is 5.82 Å². The Morgan fingerprint density at radius 3 is 2.66 bits per heavy atom. The number of hydrogen-bond acceptors (Lipinski definition) is 4. The molecule has 0 aliphatic carbocycles. The Balaban J connectivity index is 1.81. The van der Waals surface area contributed by atoms with E-state index in [1.165, 1.54) is 13.2 Å².